The van der Waals surface area contributed by atoms with Crippen molar-refractivity contribution in [3.63, 3.8) is 0 Å². The summed E-state index contributed by atoms with van der Waals surface area (Å²) in [6.07, 6.45) is -1.38. The van der Waals surface area contributed by atoms with Crippen LogP contribution in [0.4, 0.5) is 4.39 Å². The van der Waals surface area contributed by atoms with Crippen LogP contribution in [0.1, 0.15) is 12.0 Å². The highest BCUT2D eigenvalue weighted by Gasteiger charge is 2.44. The summed E-state index contributed by atoms with van der Waals surface area (Å²) in [5, 5.41) is 27.4. The lowest BCUT2D eigenvalue weighted by atomic mass is 10.2. The van der Waals surface area contributed by atoms with E-state index in [-0.39, 0.29) is 6.42 Å². The Morgan fingerprint density at radius 1 is 1.48 bits per heavy atom. The van der Waals surface area contributed by atoms with Gasteiger partial charge in [0.1, 0.15) is 28.4 Å². The molecule has 0 spiro atoms. The van der Waals surface area contributed by atoms with Gasteiger partial charge in [-0.2, -0.15) is 9.57 Å². The fourth-order valence-corrected chi connectivity index (χ4v) is 4.01. The molecule has 1 unspecified atom stereocenters. The summed E-state index contributed by atoms with van der Waals surface area (Å²) in [5.41, 5.74) is -0.678. The summed E-state index contributed by atoms with van der Waals surface area (Å²) in [6.45, 7) is -0.416. The smallest absolute Gasteiger partial charge is 0.322 e. The summed E-state index contributed by atoms with van der Waals surface area (Å²) >= 11 is 0. The molecule has 1 aromatic carbocycles. The molecule has 1 saturated heterocycles. The first-order valence-electron chi connectivity index (χ1n) is 5.90. The Hall–Kier alpha value is -2.02. The third kappa shape index (κ3) is 2.61. The maximum Gasteiger partial charge on any atom is 0.322 e. The molecule has 7 nitrogen and oxygen atoms in total. The Kier molecular flexibility index (Phi) is 3.95. The summed E-state index contributed by atoms with van der Waals surface area (Å²) in [6, 6.07) is 3.09. The van der Waals surface area contributed by atoms with Gasteiger partial charge in [-0.05, 0) is 12.1 Å². The number of aliphatic hydroxyl groups is 1. The molecule has 1 heterocycles. The second-order valence-corrected chi connectivity index (χ2v) is 6.40. The van der Waals surface area contributed by atoms with Crippen LogP contribution in [0.15, 0.2) is 23.1 Å². The number of carbonyl (C=O) groups is 1. The van der Waals surface area contributed by atoms with E-state index < -0.39 is 51.0 Å². The lowest BCUT2D eigenvalue weighted by Gasteiger charge is -2.21. The van der Waals surface area contributed by atoms with Crippen LogP contribution in [-0.4, -0.2) is 47.6 Å². The molecule has 0 radical (unpaired) electrons. The third-order valence-electron chi connectivity index (χ3n) is 3.19. The monoisotopic (exact) mass is 314 g/mol. The van der Waals surface area contributed by atoms with Gasteiger partial charge in [0.25, 0.3) is 0 Å². The zero-order valence-electron chi connectivity index (χ0n) is 10.6. The maximum absolute atomic E-state index is 13.5. The number of nitrogens with zero attached hydrogens (tertiary/aromatic N) is 2. The van der Waals surface area contributed by atoms with Gasteiger partial charge in [0, 0.05) is 13.0 Å². The second-order valence-electron chi connectivity index (χ2n) is 4.54. The number of sulfonamides is 1. The van der Waals surface area contributed by atoms with Crippen molar-refractivity contribution in [2.45, 2.75) is 23.5 Å². The van der Waals surface area contributed by atoms with E-state index in [1.165, 1.54) is 6.07 Å². The van der Waals surface area contributed by atoms with Crippen LogP contribution in [0.5, 0.6) is 0 Å². The number of aliphatic carboxylic acids is 1. The standard InChI is InChI=1S/C12H11FN2O5S/c13-9-2-1-3-11(8(9)5-14)21(19,20)15-6-7(16)4-10(15)12(17)18/h1-3,7,10,16H,4,6H2,(H,17,18)/t7?,10-/m0/s1. The number of benzene rings is 1. The van der Waals surface area contributed by atoms with Crippen LogP contribution in [0, 0.1) is 17.1 Å². The van der Waals surface area contributed by atoms with E-state index in [2.05, 4.69) is 0 Å². The molecule has 2 N–H and O–H groups in total. The normalized spacial score (nSPS) is 22.9. The molecule has 2 rings (SSSR count). The van der Waals surface area contributed by atoms with Crippen molar-refractivity contribution in [1.82, 2.24) is 4.31 Å². The van der Waals surface area contributed by atoms with Crippen molar-refractivity contribution in [3.8, 4) is 6.07 Å². The molecule has 2 atom stereocenters. The zero-order chi connectivity index (χ0) is 15.8. The van der Waals surface area contributed by atoms with Crippen LogP contribution in [0.3, 0.4) is 0 Å². The SMILES string of the molecule is N#Cc1c(F)cccc1S(=O)(=O)N1CC(O)C[C@H]1C(=O)O. The largest absolute Gasteiger partial charge is 0.480 e. The van der Waals surface area contributed by atoms with Crippen LogP contribution >= 0.6 is 0 Å². The first-order chi connectivity index (χ1) is 9.78. The lowest BCUT2D eigenvalue weighted by molar-refractivity contribution is -0.140. The number of nitriles is 1. The first-order valence-corrected chi connectivity index (χ1v) is 7.34. The lowest BCUT2D eigenvalue weighted by Crippen LogP contribution is -2.40. The minimum Gasteiger partial charge on any atom is -0.480 e. The fraction of sp³-hybridized carbons (Fsp3) is 0.333. The number of carboxylic acids is 1. The minimum absolute atomic E-state index is 0.258. The van der Waals surface area contributed by atoms with Gasteiger partial charge in [-0.3, -0.25) is 4.79 Å². The summed E-state index contributed by atoms with van der Waals surface area (Å²) < 4.78 is 39.0. The minimum atomic E-state index is -4.40. The van der Waals surface area contributed by atoms with Crippen molar-refractivity contribution < 1.29 is 27.8 Å². The van der Waals surface area contributed by atoms with Crippen LogP contribution in [0.2, 0.25) is 0 Å². The van der Waals surface area contributed by atoms with E-state index in [0.717, 1.165) is 18.2 Å². The molecule has 0 amide bonds. The van der Waals surface area contributed by atoms with Crippen LogP contribution < -0.4 is 0 Å². The Morgan fingerprint density at radius 2 is 2.14 bits per heavy atom. The van der Waals surface area contributed by atoms with Gasteiger partial charge in [-0.1, -0.05) is 6.07 Å². The van der Waals surface area contributed by atoms with Crippen molar-refractivity contribution in [1.29, 1.82) is 5.26 Å². The molecular formula is C12H11FN2O5S. The van der Waals surface area contributed by atoms with Gasteiger partial charge >= 0.3 is 5.97 Å². The topological polar surface area (TPSA) is 119 Å². The molecule has 9 heteroatoms. The number of carboxylic acid groups (broad SMARTS) is 1. The summed E-state index contributed by atoms with van der Waals surface area (Å²) in [4.78, 5) is 10.5. The highest BCUT2D eigenvalue weighted by atomic mass is 32.2. The Balaban J connectivity index is 2.55. The van der Waals surface area contributed by atoms with Crippen LogP contribution in [0.25, 0.3) is 0 Å². The number of halogens is 1. The molecule has 0 saturated carbocycles. The Bertz CT molecular complexity index is 728. The zero-order valence-corrected chi connectivity index (χ0v) is 11.4. The van der Waals surface area contributed by atoms with Crippen LogP contribution in [-0.2, 0) is 14.8 Å². The molecule has 1 fully saturated rings. The predicted octanol–water partition coefficient (Wildman–Crippen LogP) is -0.0941. The van der Waals surface area contributed by atoms with E-state index in [4.69, 9.17) is 10.4 Å². The number of hydrogen-bond acceptors (Lipinski definition) is 5. The fourth-order valence-electron chi connectivity index (χ4n) is 2.23. The van der Waals surface area contributed by atoms with E-state index in [1.54, 1.807) is 0 Å². The maximum atomic E-state index is 13.5. The van der Waals surface area contributed by atoms with Gasteiger partial charge in [-0.25, -0.2) is 12.8 Å². The number of aliphatic hydroxyl groups excluding tert-OH is 1. The predicted molar refractivity (Wildman–Crippen MR) is 67.1 cm³/mol. The van der Waals surface area contributed by atoms with Crippen molar-refractivity contribution in [3.05, 3.63) is 29.6 Å². The van der Waals surface area contributed by atoms with E-state index in [9.17, 15) is 22.7 Å². The van der Waals surface area contributed by atoms with Crippen molar-refractivity contribution >= 4 is 16.0 Å². The highest BCUT2D eigenvalue weighted by Crippen LogP contribution is 2.29. The van der Waals surface area contributed by atoms with E-state index in [0.29, 0.717) is 4.31 Å². The van der Waals surface area contributed by atoms with Crippen molar-refractivity contribution in [2.24, 2.45) is 0 Å². The van der Waals surface area contributed by atoms with Gasteiger partial charge in [0.15, 0.2) is 0 Å². The van der Waals surface area contributed by atoms with Gasteiger partial charge in [0.05, 0.1) is 6.10 Å². The first kappa shape index (κ1) is 15.4. The summed E-state index contributed by atoms with van der Waals surface area (Å²) in [5.74, 6) is -2.42. The van der Waals surface area contributed by atoms with Gasteiger partial charge in [0.2, 0.25) is 10.0 Å². The number of hydrogen-bond donors (Lipinski definition) is 2. The molecule has 112 valence electrons. The number of β-amino-alcohol motifs (C(OH)–C–C–N with tert-alkyl or cyclic N) is 1. The summed E-state index contributed by atoms with van der Waals surface area (Å²) in [7, 11) is -4.40. The average Bonchev–Trinajstić information content (AvgIpc) is 2.81. The van der Waals surface area contributed by atoms with Gasteiger partial charge in [-0.15, -0.1) is 0 Å². The Labute approximate surface area is 119 Å². The molecule has 1 aliphatic heterocycles. The van der Waals surface area contributed by atoms with E-state index >= 15 is 0 Å². The van der Waals surface area contributed by atoms with Gasteiger partial charge < -0.3 is 10.2 Å². The molecule has 0 aromatic heterocycles. The second kappa shape index (κ2) is 5.40. The Morgan fingerprint density at radius 3 is 2.71 bits per heavy atom. The molecular weight excluding hydrogens is 303 g/mol. The van der Waals surface area contributed by atoms with Crippen molar-refractivity contribution in [2.75, 3.05) is 6.54 Å². The highest BCUT2D eigenvalue weighted by molar-refractivity contribution is 7.89. The molecule has 1 aliphatic rings. The molecule has 0 aliphatic carbocycles. The average molecular weight is 314 g/mol. The number of rotatable bonds is 3. The molecule has 21 heavy (non-hydrogen) atoms. The quantitative estimate of drug-likeness (QED) is 0.804. The third-order valence-corrected chi connectivity index (χ3v) is 5.11. The molecule has 1 aromatic rings. The van der Waals surface area contributed by atoms with E-state index in [1.807, 2.05) is 0 Å². The molecule has 0 bridgehead atoms.